The van der Waals surface area contributed by atoms with Crippen LogP contribution in [0.25, 0.3) is 11.0 Å². The molecule has 7 heteroatoms. The minimum atomic E-state index is -0.0768. The molecule has 0 saturated carbocycles. The van der Waals surface area contributed by atoms with E-state index in [9.17, 15) is 4.79 Å². The van der Waals surface area contributed by atoms with Crippen molar-refractivity contribution in [3.8, 4) is 0 Å². The highest BCUT2D eigenvalue weighted by molar-refractivity contribution is 5.94. The van der Waals surface area contributed by atoms with E-state index in [1.165, 1.54) is 0 Å². The standard InChI is InChI=1S/C17H16N6O/c24-17(15-11-20-13-3-1-2-4-14(13)21-15)23-9-7-22(8-10-23)16-12-18-5-6-19-16/h1-6,11-12H,7-10H2. The van der Waals surface area contributed by atoms with E-state index in [0.29, 0.717) is 18.8 Å². The summed E-state index contributed by atoms with van der Waals surface area (Å²) < 4.78 is 0. The summed E-state index contributed by atoms with van der Waals surface area (Å²) in [6.45, 7) is 2.71. The van der Waals surface area contributed by atoms with Crippen LogP contribution in [0.1, 0.15) is 10.5 Å². The van der Waals surface area contributed by atoms with Gasteiger partial charge >= 0.3 is 0 Å². The zero-order chi connectivity index (χ0) is 16.4. The van der Waals surface area contributed by atoms with Crippen LogP contribution in [0.5, 0.6) is 0 Å². The molecule has 1 saturated heterocycles. The maximum Gasteiger partial charge on any atom is 0.274 e. The third kappa shape index (κ3) is 2.76. The second-order valence-electron chi connectivity index (χ2n) is 5.59. The predicted molar refractivity (Wildman–Crippen MR) is 89.7 cm³/mol. The molecule has 1 aromatic carbocycles. The highest BCUT2D eigenvalue weighted by Crippen LogP contribution is 2.14. The third-order valence-electron chi connectivity index (χ3n) is 4.11. The lowest BCUT2D eigenvalue weighted by molar-refractivity contribution is 0.0740. The van der Waals surface area contributed by atoms with Crippen LogP contribution in [0.15, 0.2) is 49.1 Å². The van der Waals surface area contributed by atoms with Crippen LogP contribution < -0.4 is 4.90 Å². The SMILES string of the molecule is O=C(c1cnc2ccccc2n1)N1CCN(c2cnccn2)CC1. The van der Waals surface area contributed by atoms with Crippen LogP contribution in [-0.2, 0) is 0 Å². The van der Waals surface area contributed by atoms with Crippen LogP contribution >= 0.6 is 0 Å². The lowest BCUT2D eigenvalue weighted by Crippen LogP contribution is -2.49. The maximum absolute atomic E-state index is 12.7. The summed E-state index contributed by atoms with van der Waals surface area (Å²) in [6, 6.07) is 7.55. The minimum absolute atomic E-state index is 0.0768. The molecule has 24 heavy (non-hydrogen) atoms. The van der Waals surface area contributed by atoms with Gasteiger partial charge in [-0.3, -0.25) is 14.8 Å². The summed E-state index contributed by atoms with van der Waals surface area (Å²) in [4.78, 5) is 33.8. The molecule has 0 bridgehead atoms. The Bertz CT molecular complexity index is 861. The Morgan fingerprint density at radius 3 is 2.46 bits per heavy atom. The molecule has 1 aliphatic heterocycles. The largest absolute Gasteiger partial charge is 0.352 e. The van der Waals surface area contributed by atoms with Crippen molar-refractivity contribution < 1.29 is 4.79 Å². The Labute approximate surface area is 139 Å². The van der Waals surface area contributed by atoms with E-state index in [0.717, 1.165) is 29.9 Å². The highest BCUT2D eigenvalue weighted by atomic mass is 16.2. The van der Waals surface area contributed by atoms with Gasteiger partial charge < -0.3 is 9.80 Å². The van der Waals surface area contributed by atoms with Gasteiger partial charge in [0.1, 0.15) is 11.5 Å². The molecule has 2 aromatic heterocycles. The number of anilines is 1. The Morgan fingerprint density at radius 1 is 0.917 bits per heavy atom. The summed E-state index contributed by atoms with van der Waals surface area (Å²) in [7, 11) is 0. The summed E-state index contributed by atoms with van der Waals surface area (Å²) in [5.74, 6) is 0.766. The molecule has 1 amide bonds. The molecule has 0 atom stereocenters. The van der Waals surface area contributed by atoms with E-state index in [1.807, 2.05) is 29.2 Å². The second kappa shape index (κ2) is 6.19. The van der Waals surface area contributed by atoms with Gasteiger partial charge in [0.2, 0.25) is 0 Å². The number of carbonyl (C=O) groups is 1. The molecule has 120 valence electrons. The summed E-state index contributed by atoms with van der Waals surface area (Å²) in [6.07, 6.45) is 6.63. The normalized spacial score (nSPS) is 14.8. The molecule has 1 aliphatic rings. The number of carbonyl (C=O) groups excluding carboxylic acids is 1. The molecule has 3 heterocycles. The van der Waals surface area contributed by atoms with Crippen molar-refractivity contribution in [1.29, 1.82) is 0 Å². The fraction of sp³-hybridized carbons (Fsp3) is 0.235. The van der Waals surface area contributed by atoms with Crippen LogP contribution in [0.2, 0.25) is 0 Å². The first-order chi connectivity index (χ1) is 11.8. The van der Waals surface area contributed by atoms with Gasteiger partial charge in [-0.2, -0.15) is 0 Å². The summed E-state index contributed by atoms with van der Waals surface area (Å²) in [5, 5.41) is 0. The molecule has 0 aliphatic carbocycles. The smallest absolute Gasteiger partial charge is 0.274 e. The number of rotatable bonds is 2. The second-order valence-corrected chi connectivity index (χ2v) is 5.59. The van der Waals surface area contributed by atoms with E-state index in [1.54, 1.807) is 24.8 Å². The van der Waals surface area contributed by atoms with Crippen LogP contribution in [0.3, 0.4) is 0 Å². The fourth-order valence-electron chi connectivity index (χ4n) is 2.82. The van der Waals surface area contributed by atoms with Gasteiger partial charge in [0, 0.05) is 38.6 Å². The third-order valence-corrected chi connectivity index (χ3v) is 4.11. The van der Waals surface area contributed by atoms with Gasteiger partial charge in [-0.05, 0) is 12.1 Å². The number of fused-ring (bicyclic) bond motifs is 1. The highest BCUT2D eigenvalue weighted by Gasteiger charge is 2.24. The van der Waals surface area contributed by atoms with Crippen molar-refractivity contribution >= 4 is 22.8 Å². The lowest BCUT2D eigenvalue weighted by Gasteiger charge is -2.35. The molecular weight excluding hydrogens is 304 g/mol. The average molecular weight is 320 g/mol. The van der Waals surface area contributed by atoms with Gasteiger partial charge in [0.25, 0.3) is 5.91 Å². The molecule has 0 unspecified atom stereocenters. The maximum atomic E-state index is 12.7. The fourth-order valence-corrected chi connectivity index (χ4v) is 2.82. The number of hydrogen-bond donors (Lipinski definition) is 0. The zero-order valence-electron chi connectivity index (χ0n) is 13.0. The number of benzene rings is 1. The van der Waals surface area contributed by atoms with Crippen molar-refractivity contribution in [2.75, 3.05) is 31.1 Å². The van der Waals surface area contributed by atoms with Crippen LogP contribution in [0.4, 0.5) is 5.82 Å². The van der Waals surface area contributed by atoms with Crippen molar-refractivity contribution in [1.82, 2.24) is 24.8 Å². The van der Waals surface area contributed by atoms with Crippen LogP contribution in [-0.4, -0.2) is 56.9 Å². The van der Waals surface area contributed by atoms with Gasteiger partial charge in [-0.1, -0.05) is 12.1 Å². The first kappa shape index (κ1) is 14.5. The Balaban J connectivity index is 1.47. The van der Waals surface area contributed by atoms with Gasteiger partial charge in [0.05, 0.1) is 23.4 Å². The zero-order valence-corrected chi connectivity index (χ0v) is 13.0. The van der Waals surface area contributed by atoms with E-state index in [4.69, 9.17) is 0 Å². The van der Waals surface area contributed by atoms with E-state index >= 15 is 0 Å². The van der Waals surface area contributed by atoms with Crippen molar-refractivity contribution in [3.05, 3.63) is 54.7 Å². The van der Waals surface area contributed by atoms with E-state index in [-0.39, 0.29) is 5.91 Å². The molecule has 0 radical (unpaired) electrons. The number of para-hydroxylation sites is 2. The van der Waals surface area contributed by atoms with Crippen LogP contribution in [0, 0.1) is 0 Å². The number of hydrogen-bond acceptors (Lipinski definition) is 6. The molecule has 7 nitrogen and oxygen atoms in total. The molecule has 3 aromatic rings. The molecule has 4 rings (SSSR count). The van der Waals surface area contributed by atoms with Gasteiger partial charge in [0.15, 0.2) is 0 Å². The number of nitrogens with zero attached hydrogens (tertiary/aromatic N) is 6. The summed E-state index contributed by atoms with van der Waals surface area (Å²) in [5.41, 5.74) is 1.92. The Hall–Kier alpha value is -3.09. The van der Waals surface area contributed by atoms with E-state index in [2.05, 4.69) is 24.8 Å². The van der Waals surface area contributed by atoms with Gasteiger partial charge in [-0.15, -0.1) is 0 Å². The molecule has 0 spiro atoms. The number of aromatic nitrogens is 4. The predicted octanol–water partition coefficient (Wildman–Crippen LogP) is 1.38. The first-order valence-corrected chi connectivity index (χ1v) is 7.83. The quantitative estimate of drug-likeness (QED) is 0.710. The molecule has 0 N–H and O–H groups in total. The first-order valence-electron chi connectivity index (χ1n) is 7.83. The number of amides is 1. The molecule has 1 fully saturated rings. The summed E-state index contributed by atoms with van der Waals surface area (Å²) >= 11 is 0. The van der Waals surface area contributed by atoms with Crippen molar-refractivity contribution in [2.45, 2.75) is 0 Å². The molecular formula is C17H16N6O. The monoisotopic (exact) mass is 320 g/mol. The topological polar surface area (TPSA) is 75.1 Å². The minimum Gasteiger partial charge on any atom is -0.352 e. The Morgan fingerprint density at radius 2 is 1.71 bits per heavy atom. The van der Waals surface area contributed by atoms with E-state index < -0.39 is 0 Å². The average Bonchev–Trinajstić information content (AvgIpc) is 2.68. The lowest BCUT2D eigenvalue weighted by atomic mass is 10.2. The van der Waals surface area contributed by atoms with Gasteiger partial charge in [-0.25, -0.2) is 9.97 Å². The Kier molecular flexibility index (Phi) is 3.74. The number of piperazine rings is 1. The van der Waals surface area contributed by atoms with Crippen molar-refractivity contribution in [2.24, 2.45) is 0 Å². The van der Waals surface area contributed by atoms with Crippen molar-refractivity contribution in [3.63, 3.8) is 0 Å².